The van der Waals surface area contributed by atoms with Gasteiger partial charge in [0.2, 0.25) is 0 Å². The highest BCUT2D eigenvalue weighted by Crippen LogP contribution is 2.41. The summed E-state index contributed by atoms with van der Waals surface area (Å²) in [4.78, 5) is 12.3. The van der Waals surface area contributed by atoms with Crippen LogP contribution in [-0.2, 0) is 4.79 Å². The monoisotopic (exact) mass is 274 g/mol. The van der Waals surface area contributed by atoms with Crippen molar-refractivity contribution in [1.29, 1.82) is 0 Å². The molecule has 0 saturated carbocycles. The Labute approximate surface area is 116 Å². The molecule has 1 fully saturated rings. The summed E-state index contributed by atoms with van der Waals surface area (Å²) >= 11 is 3.67. The van der Waals surface area contributed by atoms with Crippen LogP contribution >= 0.6 is 23.5 Å². The van der Waals surface area contributed by atoms with Gasteiger partial charge in [-0.3, -0.25) is 4.79 Å². The fourth-order valence-corrected chi connectivity index (χ4v) is 4.92. The summed E-state index contributed by atoms with van der Waals surface area (Å²) in [5, 5.41) is 0. The highest BCUT2D eigenvalue weighted by atomic mass is 32.2. The Morgan fingerprint density at radius 3 is 2.61 bits per heavy atom. The number of hydrogen-bond donors (Lipinski definition) is 0. The van der Waals surface area contributed by atoms with Crippen molar-refractivity contribution in [2.45, 2.75) is 12.8 Å². The maximum absolute atomic E-state index is 12.3. The van der Waals surface area contributed by atoms with Crippen LogP contribution in [0.2, 0.25) is 0 Å². The number of fused-ring (bicyclic) bond motifs is 2. The van der Waals surface area contributed by atoms with Crippen LogP contribution in [0.1, 0.15) is 12.8 Å². The summed E-state index contributed by atoms with van der Waals surface area (Å²) in [6.07, 6.45) is 14.0. The lowest BCUT2D eigenvalue weighted by Gasteiger charge is -2.17. The first-order valence-corrected chi connectivity index (χ1v) is 8.11. The summed E-state index contributed by atoms with van der Waals surface area (Å²) < 4.78 is 1.22. The molecule has 0 spiro atoms. The highest BCUT2D eigenvalue weighted by molar-refractivity contribution is 8.22. The second kappa shape index (κ2) is 5.37. The van der Waals surface area contributed by atoms with E-state index >= 15 is 0 Å². The Hall–Kier alpha value is -0.930. The van der Waals surface area contributed by atoms with Gasteiger partial charge in [-0.15, -0.1) is 23.5 Å². The van der Waals surface area contributed by atoms with Gasteiger partial charge in [0.25, 0.3) is 0 Å². The third-order valence-electron chi connectivity index (χ3n) is 3.09. The van der Waals surface area contributed by atoms with Crippen LogP contribution < -0.4 is 0 Å². The molecule has 3 heteroatoms. The van der Waals surface area contributed by atoms with Crippen molar-refractivity contribution in [2.75, 3.05) is 11.5 Å². The van der Waals surface area contributed by atoms with Gasteiger partial charge >= 0.3 is 0 Å². The zero-order valence-electron chi connectivity index (χ0n) is 10.0. The van der Waals surface area contributed by atoms with E-state index in [-0.39, 0.29) is 5.78 Å². The minimum absolute atomic E-state index is 0.164. The molecule has 1 nitrogen and oxygen atoms in total. The van der Waals surface area contributed by atoms with Crippen molar-refractivity contribution in [2.24, 2.45) is 0 Å². The normalized spacial score (nSPS) is 23.4. The van der Waals surface area contributed by atoms with Crippen molar-refractivity contribution < 1.29 is 4.79 Å². The lowest BCUT2D eigenvalue weighted by Crippen LogP contribution is -2.05. The lowest BCUT2D eigenvalue weighted by molar-refractivity contribution is -0.111. The van der Waals surface area contributed by atoms with Crippen molar-refractivity contribution >= 4 is 29.3 Å². The van der Waals surface area contributed by atoms with Gasteiger partial charge in [-0.25, -0.2) is 0 Å². The average molecular weight is 274 g/mol. The van der Waals surface area contributed by atoms with Gasteiger partial charge in [0.15, 0.2) is 5.78 Å². The Morgan fingerprint density at radius 1 is 1.00 bits per heavy atom. The van der Waals surface area contributed by atoms with Gasteiger partial charge in [0.05, 0.1) is 4.24 Å². The van der Waals surface area contributed by atoms with Gasteiger partial charge in [-0.2, -0.15) is 0 Å². The average Bonchev–Trinajstić information content (AvgIpc) is 2.72. The molecule has 2 aliphatic carbocycles. The first-order valence-electron chi connectivity index (χ1n) is 6.13. The zero-order chi connectivity index (χ0) is 12.4. The van der Waals surface area contributed by atoms with Crippen LogP contribution in [0.5, 0.6) is 0 Å². The molecule has 1 saturated heterocycles. The topological polar surface area (TPSA) is 17.1 Å². The smallest absolute Gasteiger partial charge is 0.187 e. The molecule has 18 heavy (non-hydrogen) atoms. The predicted molar refractivity (Wildman–Crippen MR) is 80.6 cm³/mol. The van der Waals surface area contributed by atoms with Crippen molar-refractivity contribution in [3.8, 4) is 0 Å². The van der Waals surface area contributed by atoms with E-state index < -0.39 is 0 Å². The number of thioether (sulfide) groups is 2. The molecule has 0 unspecified atom stereocenters. The molecule has 2 bridgehead atoms. The van der Waals surface area contributed by atoms with E-state index in [1.54, 1.807) is 6.08 Å². The molecule has 0 N–H and O–H groups in total. The maximum atomic E-state index is 12.3. The first kappa shape index (κ1) is 12.1. The van der Waals surface area contributed by atoms with Gasteiger partial charge in [-0.1, -0.05) is 30.4 Å². The largest absolute Gasteiger partial charge is 0.289 e. The number of allylic oxidation sites excluding steroid dienone is 9. The fraction of sp³-hybridized carbons (Fsp3) is 0.267. The quantitative estimate of drug-likeness (QED) is 0.621. The summed E-state index contributed by atoms with van der Waals surface area (Å²) in [5.74, 6) is 2.43. The second-order valence-electron chi connectivity index (χ2n) is 4.41. The number of rotatable bonds is 0. The minimum Gasteiger partial charge on any atom is -0.289 e. The summed E-state index contributed by atoms with van der Waals surface area (Å²) in [7, 11) is 0. The number of hydrogen-bond acceptors (Lipinski definition) is 3. The molecule has 0 atom stereocenters. The summed E-state index contributed by atoms with van der Waals surface area (Å²) in [6, 6.07) is 0. The van der Waals surface area contributed by atoms with Crippen LogP contribution in [0.25, 0.3) is 0 Å². The van der Waals surface area contributed by atoms with E-state index in [1.807, 2.05) is 41.8 Å². The standard InChI is InChI=1S/C15H14OS2/c16-13-7-6-11-4-1-2-5-12(10-11)14(13)15-17-8-3-9-18-15/h1-2,4-7H,3,8-10H2. The highest BCUT2D eigenvalue weighted by Gasteiger charge is 2.23. The summed E-state index contributed by atoms with van der Waals surface area (Å²) in [5.41, 5.74) is 3.32. The van der Waals surface area contributed by atoms with Gasteiger partial charge in [0.1, 0.15) is 0 Å². The molecule has 0 aromatic rings. The molecule has 92 valence electrons. The molecular weight excluding hydrogens is 260 g/mol. The van der Waals surface area contributed by atoms with Crippen LogP contribution in [-0.4, -0.2) is 17.3 Å². The maximum Gasteiger partial charge on any atom is 0.187 e. The lowest BCUT2D eigenvalue weighted by atomic mass is 10.0. The molecule has 0 aromatic carbocycles. The van der Waals surface area contributed by atoms with Crippen LogP contribution in [0, 0.1) is 0 Å². The predicted octanol–water partition coefficient (Wildman–Crippen LogP) is 4.02. The van der Waals surface area contributed by atoms with E-state index in [1.165, 1.54) is 21.8 Å². The Kier molecular flexibility index (Phi) is 3.62. The van der Waals surface area contributed by atoms with Gasteiger partial charge < -0.3 is 0 Å². The molecule has 3 rings (SSSR count). The Balaban J connectivity index is 2.09. The minimum atomic E-state index is 0.164. The van der Waals surface area contributed by atoms with Gasteiger partial charge in [0, 0.05) is 5.57 Å². The Bertz CT molecular complexity index is 525. The van der Waals surface area contributed by atoms with Gasteiger partial charge in [-0.05, 0) is 41.6 Å². The van der Waals surface area contributed by atoms with Crippen molar-refractivity contribution in [3.63, 3.8) is 0 Å². The number of carbonyl (C=O) groups excluding carboxylic acids is 1. The second-order valence-corrected chi connectivity index (χ2v) is 6.87. The number of carbonyl (C=O) groups is 1. The molecular formula is C15H14OS2. The first-order chi connectivity index (χ1) is 8.84. The van der Waals surface area contributed by atoms with E-state index in [2.05, 4.69) is 12.2 Å². The fourth-order valence-electron chi connectivity index (χ4n) is 2.21. The molecule has 0 aromatic heterocycles. The van der Waals surface area contributed by atoms with Crippen LogP contribution in [0.3, 0.4) is 0 Å². The molecule has 0 amide bonds. The summed E-state index contributed by atoms with van der Waals surface area (Å²) in [6.45, 7) is 0. The van der Waals surface area contributed by atoms with E-state index in [9.17, 15) is 4.79 Å². The Morgan fingerprint density at radius 2 is 1.78 bits per heavy atom. The van der Waals surface area contributed by atoms with E-state index in [0.29, 0.717) is 0 Å². The zero-order valence-corrected chi connectivity index (χ0v) is 11.7. The van der Waals surface area contributed by atoms with Crippen LogP contribution in [0.4, 0.5) is 0 Å². The van der Waals surface area contributed by atoms with Crippen LogP contribution in [0.15, 0.2) is 57.4 Å². The molecule has 0 radical (unpaired) electrons. The van der Waals surface area contributed by atoms with E-state index in [4.69, 9.17) is 0 Å². The SMILES string of the molecule is O=C1C=CC2=CC=CC=C(C2)C1=C1SCCCS1. The molecule has 1 heterocycles. The third kappa shape index (κ3) is 2.43. The number of ketones is 1. The van der Waals surface area contributed by atoms with Crippen molar-refractivity contribution in [3.05, 3.63) is 57.4 Å². The van der Waals surface area contributed by atoms with Crippen molar-refractivity contribution in [1.82, 2.24) is 0 Å². The molecule has 3 aliphatic rings. The third-order valence-corrected chi connectivity index (χ3v) is 5.71. The van der Waals surface area contributed by atoms with E-state index in [0.717, 1.165) is 23.5 Å². The molecule has 1 aliphatic heterocycles.